The number of anilines is 1. The van der Waals surface area contributed by atoms with Crippen molar-refractivity contribution in [2.24, 2.45) is 0 Å². The Labute approximate surface area is 115 Å². The number of hydrogen-bond acceptors (Lipinski definition) is 3. The summed E-state index contributed by atoms with van der Waals surface area (Å²) in [6.45, 7) is 6.80. The molecule has 0 saturated carbocycles. The van der Waals surface area contributed by atoms with Gasteiger partial charge in [-0.15, -0.1) is 0 Å². The number of hydrogen-bond donors (Lipinski definition) is 1. The lowest BCUT2D eigenvalue weighted by Crippen LogP contribution is -2.31. The summed E-state index contributed by atoms with van der Waals surface area (Å²) in [5.74, 6) is -0.241. The van der Waals surface area contributed by atoms with Crippen LogP contribution in [-0.2, 0) is 0 Å². The lowest BCUT2D eigenvalue weighted by atomic mass is 10.0. The van der Waals surface area contributed by atoms with E-state index in [2.05, 4.69) is 11.4 Å². The first-order valence-corrected chi connectivity index (χ1v) is 6.64. The maximum Gasteiger partial charge on any atom is 0.146 e. The van der Waals surface area contributed by atoms with Crippen LogP contribution in [-0.4, -0.2) is 19.6 Å². The Morgan fingerprint density at radius 3 is 2.68 bits per heavy atom. The Morgan fingerprint density at radius 2 is 2.11 bits per heavy atom. The van der Waals surface area contributed by atoms with Gasteiger partial charge in [-0.2, -0.15) is 5.26 Å². The van der Waals surface area contributed by atoms with Crippen molar-refractivity contribution in [3.63, 3.8) is 0 Å². The topological polar surface area (TPSA) is 39.1 Å². The van der Waals surface area contributed by atoms with Crippen LogP contribution < -0.4 is 10.2 Å². The summed E-state index contributed by atoms with van der Waals surface area (Å²) in [6.07, 6.45) is 0.375. The van der Waals surface area contributed by atoms with Gasteiger partial charge in [0, 0.05) is 19.1 Å². The van der Waals surface area contributed by atoms with E-state index >= 15 is 0 Å². The monoisotopic (exact) mass is 263 g/mol. The van der Waals surface area contributed by atoms with Crippen LogP contribution in [0, 0.1) is 17.1 Å². The molecule has 0 aromatic heterocycles. The molecule has 0 heterocycles. The zero-order valence-electron chi connectivity index (χ0n) is 12.1. The molecule has 1 aromatic rings. The van der Waals surface area contributed by atoms with Crippen molar-refractivity contribution in [2.75, 3.05) is 18.5 Å². The molecular formula is C15H22FN3. The second-order valence-corrected chi connectivity index (χ2v) is 4.78. The summed E-state index contributed by atoms with van der Waals surface area (Å²) in [7, 11) is 1.84. The van der Waals surface area contributed by atoms with Crippen LogP contribution in [0.15, 0.2) is 18.2 Å². The first-order valence-electron chi connectivity index (χ1n) is 6.64. The Balaban J connectivity index is 3.14. The van der Waals surface area contributed by atoms with E-state index < -0.39 is 0 Å². The molecule has 0 spiro atoms. The van der Waals surface area contributed by atoms with Crippen molar-refractivity contribution in [1.82, 2.24) is 5.32 Å². The van der Waals surface area contributed by atoms with Crippen LogP contribution >= 0.6 is 0 Å². The molecule has 0 aliphatic rings. The van der Waals surface area contributed by atoms with Crippen LogP contribution in [0.3, 0.4) is 0 Å². The molecule has 1 N–H and O–H groups in total. The first-order chi connectivity index (χ1) is 9.02. The van der Waals surface area contributed by atoms with Crippen LogP contribution in [0.1, 0.15) is 38.8 Å². The molecule has 3 nitrogen and oxygen atoms in total. The number of rotatable bonds is 6. The van der Waals surface area contributed by atoms with Gasteiger partial charge in [0.05, 0.1) is 18.2 Å². The van der Waals surface area contributed by atoms with Crippen molar-refractivity contribution in [3.05, 3.63) is 29.6 Å². The molecule has 0 aliphatic heterocycles. The number of para-hydroxylation sites is 1. The van der Waals surface area contributed by atoms with Crippen LogP contribution in [0.4, 0.5) is 10.1 Å². The van der Waals surface area contributed by atoms with Crippen molar-refractivity contribution in [3.8, 4) is 6.07 Å². The standard InChI is InChI=1S/C15H22FN3/c1-5-18-12(3)13-7-6-8-14(16)15(13)19(4)11(2)9-10-17/h6-8,11-12,18H,5,9H2,1-4H3. The van der Waals surface area contributed by atoms with Crippen molar-refractivity contribution >= 4 is 5.69 Å². The van der Waals surface area contributed by atoms with E-state index in [1.165, 1.54) is 6.07 Å². The second-order valence-electron chi connectivity index (χ2n) is 4.78. The summed E-state index contributed by atoms with van der Waals surface area (Å²) in [6, 6.07) is 7.31. The molecule has 2 unspecified atom stereocenters. The maximum atomic E-state index is 14.1. The molecule has 0 saturated heterocycles. The Bertz CT molecular complexity index is 453. The van der Waals surface area contributed by atoms with Crippen molar-refractivity contribution in [1.29, 1.82) is 5.26 Å². The fraction of sp³-hybridized carbons (Fsp3) is 0.533. The van der Waals surface area contributed by atoms with E-state index in [1.54, 1.807) is 6.07 Å². The zero-order chi connectivity index (χ0) is 14.4. The molecule has 0 bridgehead atoms. The van der Waals surface area contributed by atoms with Gasteiger partial charge in [-0.1, -0.05) is 19.1 Å². The zero-order valence-corrected chi connectivity index (χ0v) is 12.1. The molecule has 19 heavy (non-hydrogen) atoms. The normalized spacial score (nSPS) is 13.7. The van der Waals surface area contributed by atoms with Gasteiger partial charge < -0.3 is 10.2 Å². The SMILES string of the molecule is CCNC(C)c1cccc(F)c1N(C)C(C)CC#N. The average molecular weight is 263 g/mol. The minimum atomic E-state index is -0.241. The van der Waals surface area contributed by atoms with E-state index in [9.17, 15) is 4.39 Å². The summed E-state index contributed by atoms with van der Waals surface area (Å²) in [5.41, 5.74) is 1.51. The van der Waals surface area contributed by atoms with Crippen LogP contribution in [0.25, 0.3) is 0 Å². The highest BCUT2D eigenvalue weighted by atomic mass is 19.1. The molecule has 2 atom stereocenters. The Kier molecular flexibility index (Phi) is 5.78. The van der Waals surface area contributed by atoms with Gasteiger partial charge in [-0.05, 0) is 32.0 Å². The van der Waals surface area contributed by atoms with Gasteiger partial charge in [0.25, 0.3) is 0 Å². The van der Waals surface area contributed by atoms with Gasteiger partial charge in [0.15, 0.2) is 0 Å². The van der Waals surface area contributed by atoms with Crippen molar-refractivity contribution < 1.29 is 4.39 Å². The third-order valence-corrected chi connectivity index (χ3v) is 3.40. The van der Waals surface area contributed by atoms with Gasteiger partial charge in [0.2, 0.25) is 0 Å². The lowest BCUT2D eigenvalue weighted by molar-refractivity contribution is 0.570. The van der Waals surface area contributed by atoms with Gasteiger partial charge >= 0.3 is 0 Å². The number of nitriles is 1. The third-order valence-electron chi connectivity index (χ3n) is 3.40. The second kappa shape index (κ2) is 7.10. The molecule has 4 heteroatoms. The Morgan fingerprint density at radius 1 is 1.42 bits per heavy atom. The molecule has 0 fully saturated rings. The maximum absolute atomic E-state index is 14.1. The van der Waals surface area contributed by atoms with E-state index in [4.69, 9.17) is 5.26 Å². The molecule has 0 aliphatic carbocycles. The fourth-order valence-corrected chi connectivity index (χ4v) is 2.16. The highest BCUT2D eigenvalue weighted by Gasteiger charge is 2.20. The molecule has 104 valence electrons. The van der Waals surface area contributed by atoms with E-state index in [0.717, 1.165) is 12.1 Å². The largest absolute Gasteiger partial charge is 0.368 e. The summed E-state index contributed by atoms with van der Waals surface area (Å²) in [5, 5.41) is 12.1. The molecular weight excluding hydrogens is 241 g/mol. The minimum absolute atomic E-state index is 0.0190. The summed E-state index contributed by atoms with van der Waals surface area (Å²) < 4.78 is 14.1. The molecule has 1 aromatic carbocycles. The third kappa shape index (κ3) is 3.68. The highest BCUT2D eigenvalue weighted by Crippen LogP contribution is 2.30. The van der Waals surface area contributed by atoms with E-state index in [1.807, 2.05) is 38.8 Å². The van der Waals surface area contributed by atoms with E-state index in [-0.39, 0.29) is 17.9 Å². The van der Waals surface area contributed by atoms with E-state index in [0.29, 0.717) is 12.1 Å². The van der Waals surface area contributed by atoms with Crippen LogP contribution in [0.5, 0.6) is 0 Å². The van der Waals surface area contributed by atoms with Gasteiger partial charge in [-0.3, -0.25) is 0 Å². The van der Waals surface area contributed by atoms with Gasteiger partial charge in [-0.25, -0.2) is 4.39 Å². The number of nitrogens with one attached hydrogen (secondary N) is 1. The summed E-state index contributed by atoms with van der Waals surface area (Å²) in [4.78, 5) is 1.85. The number of benzene rings is 1. The quantitative estimate of drug-likeness (QED) is 0.856. The minimum Gasteiger partial charge on any atom is -0.368 e. The molecule has 0 amide bonds. The number of nitrogens with zero attached hydrogens (tertiary/aromatic N) is 2. The van der Waals surface area contributed by atoms with Crippen LogP contribution in [0.2, 0.25) is 0 Å². The predicted octanol–water partition coefficient (Wildman–Crippen LogP) is 3.23. The highest BCUT2D eigenvalue weighted by molar-refractivity contribution is 5.56. The predicted molar refractivity (Wildman–Crippen MR) is 76.6 cm³/mol. The number of halogens is 1. The fourth-order valence-electron chi connectivity index (χ4n) is 2.16. The van der Waals surface area contributed by atoms with Gasteiger partial charge in [0.1, 0.15) is 5.82 Å². The molecule has 1 rings (SSSR count). The summed E-state index contributed by atoms with van der Waals surface area (Å²) >= 11 is 0. The van der Waals surface area contributed by atoms with Crippen molar-refractivity contribution in [2.45, 2.75) is 39.3 Å². The Hall–Kier alpha value is -1.60. The lowest BCUT2D eigenvalue weighted by Gasteiger charge is -2.29. The smallest absolute Gasteiger partial charge is 0.146 e. The molecule has 0 radical (unpaired) electrons. The average Bonchev–Trinajstić information content (AvgIpc) is 2.38. The first kappa shape index (κ1) is 15.5.